The first-order valence-electron chi connectivity index (χ1n) is 11.5. The highest BCUT2D eigenvalue weighted by molar-refractivity contribution is 7.99. The summed E-state index contributed by atoms with van der Waals surface area (Å²) < 4.78 is 3.39. The molecule has 8 heteroatoms. The van der Waals surface area contributed by atoms with Gasteiger partial charge in [-0.3, -0.25) is 14.2 Å². The maximum atomic E-state index is 13.4. The van der Waals surface area contributed by atoms with Crippen molar-refractivity contribution in [1.82, 2.24) is 24.2 Å². The van der Waals surface area contributed by atoms with Crippen molar-refractivity contribution in [3.8, 4) is 5.69 Å². The molecule has 0 N–H and O–H groups in total. The Labute approximate surface area is 202 Å². The lowest BCUT2D eigenvalue weighted by molar-refractivity contribution is -0.134. The Morgan fingerprint density at radius 1 is 1.15 bits per heavy atom. The van der Waals surface area contributed by atoms with E-state index in [-0.39, 0.29) is 30.0 Å². The zero-order valence-corrected chi connectivity index (χ0v) is 20.3. The van der Waals surface area contributed by atoms with Gasteiger partial charge in [0.1, 0.15) is 5.39 Å². The fourth-order valence-electron chi connectivity index (χ4n) is 4.31. The molecule has 0 aliphatic carbocycles. The zero-order valence-electron chi connectivity index (χ0n) is 19.5. The van der Waals surface area contributed by atoms with Gasteiger partial charge in [0.25, 0.3) is 5.56 Å². The van der Waals surface area contributed by atoms with Crippen LogP contribution in [0, 0.1) is 6.92 Å². The number of carbonyl (C=O) groups is 1. The second kappa shape index (κ2) is 9.10. The molecular weight excluding hydrogens is 446 g/mol. The number of thioether (sulfide) groups is 1. The summed E-state index contributed by atoms with van der Waals surface area (Å²) in [6, 6.07) is 17.8. The van der Waals surface area contributed by atoms with E-state index in [2.05, 4.69) is 5.10 Å². The monoisotopic (exact) mass is 473 g/mol. The SMILES string of the molecule is Cc1ccc(-n2ncc3c(=O)n4c(nc32)SCC4CC(=O)N(Cc2ccccc2)C(C)C)cc1. The van der Waals surface area contributed by atoms with Crippen molar-refractivity contribution in [2.24, 2.45) is 0 Å². The summed E-state index contributed by atoms with van der Waals surface area (Å²) in [6.07, 6.45) is 1.85. The van der Waals surface area contributed by atoms with E-state index in [0.29, 0.717) is 28.5 Å². The maximum Gasteiger partial charge on any atom is 0.265 e. The van der Waals surface area contributed by atoms with Crippen LogP contribution in [0.15, 0.2) is 70.7 Å². The van der Waals surface area contributed by atoms with E-state index >= 15 is 0 Å². The minimum Gasteiger partial charge on any atom is -0.336 e. The van der Waals surface area contributed by atoms with Gasteiger partial charge in [0.05, 0.1) is 17.9 Å². The molecule has 1 aliphatic heterocycles. The number of nitrogens with zero attached hydrogens (tertiary/aromatic N) is 5. The molecule has 0 saturated carbocycles. The topological polar surface area (TPSA) is 73.0 Å². The van der Waals surface area contributed by atoms with Crippen LogP contribution in [-0.4, -0.2) is 41.9 Å². The molecular formula is C26H27N5O2S. The second-order valence-electron chi connectivity index (χ2n) is 8.97. The fraction of sp³-hybridized carbons (Fsp3) is 0.308. The summed E-state index contributed by atoms with van der Waals surface area (Å²) in [7, 11) is 0. The van der Waals surface area contributed by atoms with Gasteiger partial charge in [-0.05, 0) is 38.5 Å². The van der Waals surface area contributed by atoms with Crippen molar-refractivity contribution in [3.05, 3.63) is 82.3 Å². The molecule has 174 valence electrons. The third-order valence-electron chi connectivity index (χ3n) is 6.20. The van der Waals surface area contributed by atoms with Crippen molar-refractivity contribution >= 4 is 28.7 Å². The number of aromatic nitrogens is 4. The summed E-state index contributed by atoms with van der Waals surface area (Å²) in [5.74, 6) is 0.690. The molecule has 0 spiro atoms. The maximum absolute atomic E-state index is 13.4. The Morgan fingerprint density at radius 3 is 2.59 bits per heavy atom. The van der Waals surface area contributed by atoms with E-state index in [1.165, 1.54) is 11.8 Å². The van der Waals surface area contributed by atoms with Gasteiger partial charge in [-0.15, -0.1) is 0 Å². The molecule has 1 unspecified atom stereocenters. The van der Waals surface area contributed by atoms with E-state index in [0.717, 1.165) is 16.8 Å². The Bertz CT molecular complexity index is 1390. The van der Waals surface area contributed by atoms with E-state index in [9.17, 15) is 9.59 Å². The molecule has 0 bridgehead atoms. The minimum absolute atomic E-state index is 0.0413. The molecule has 0 radical (unpaired) electrons. The van der Waals surface area contributed by atoms with Gasteiger partial charge < -0.3 is 4.90 Å². The van der Waals surface area contributed by atoms with Gasteiger partial charge in [0.2, 0.25) is 5.91 Å². The molecule has 1 atom stereocenters. The molecule has 3 heterocycles. The quantitative estimate of drug-likeness (QED) is 0.389. The van der Waals surface area contributed by atoms with Crippen LogP contribution in [0.4, 0.5) is 0 Å². The van der Waals surface area contributed by atoms with Crippen molar-refractivity contribution in [2.75, 3.05) is 5.75 Å². The van der Waals surface area contributed by atoms with Crippen LogP contribution in [0.5, 0.6) is 0 Å². The van der Waals surface area contributed by atoms with E-state index in [4.69, 9.17) is 4.98 Å². The summed E-state index contributed by atoms with van der Waals surface area (Å²) >= 11 is 1.52. The third-order valence-corrected chi connectivity index (χ3v) is 7.30. The van der Waals surface area contributed by atoms with E-state index < -0.39 is 0 Å². The first-order chi connectivity index (χ1) is 16.4. The number of hydrogen-bond donors (Lipinski definition) is 0. The van der Waals surface area contributed by atoms with Crippen LogP contribution in [0.25, 0.3) is 16.7 Å². The molecule has 0 fully saturated rings. The minimum atomic E-state index is -0.225. The van der Waals surface area contributed by atoms with E-state index in [1.54, 1.807) is 15.4 Å². The number of carbonyl (C=O) groups excluding carboxylic acids is 1. The Morgan fingerprint density at radius 2 is 1.88 bits per heavy atom. The summed E-state index contributed by atoms with van der Waals surface area (Å²) in [5, 5.41) is 5.55. The number of amides is 1. The van der Waals surface area contributed by atoms with Crippen LogP contribution in [0.1, 0.15) is 37.4 Å². The lowest BCUT2D eigenvalue weighted by Crippen LogP contribution is -2.38. The molecule has 2 aromatic heterocycles. The summed E-state index contributed by atoms with van der Waals surface area (Å²) in [5.41, 5.74) is 3.52. The Kier molecular flexibility index (Phi) is 6.00. The molecule has 1 amide bonds. The third kappa shape index (κ3) is 4.14. The Hall–Kier alpha value is -3.39. The number of aryl methyl sites for hydroxylation is 1. The molecule has 4 aromatic rings. The Balaban J connectivity index is 1.43. The standard InChI is InChI=1S/C26H27N5O2S/c1-17(2)29(15-19-7-5-4-6-8-19)23(32)13-21-16-34-26-28-24-22(25(33)30(21)26)14-27-31(24)20-11-9-18(3)10-12-20/h4-12,14,17,21H,13,15-16H2,1-3H3. The smallest absolute Gasteiger partial charge is 0.265 e. The normalized spacial score (nSPS) is 15.1. The number of hydrogen-bond acceptors (Lipinski definition) is 5. The van der Waals surface area contributed by atoms with Crippen LogP contribution >= 0.6 is 11.8 Å². The average molecular weight is 474 g/mol. The number of benzene rings is 2. The van der Waals surface area contributed by atoms with Crippen LogP contribution < -0.4 is 5.56 Å². The van der Waals surface area contributed by atoms with Gasteiger partial charge in [-0.2, -0.15) is 5.10 Å². The second-order valence-corrected chi connectivity index (χ2v) is 9.96. The summed E-state index contributed by atoms with van der Waals surface area (Å²) in [6.45, 7) is 6.63. The van der Waals surface area contributed by atoms with Crippen LogP contribution in [0.3, 0.4) is 0 Å². The molecule has 5 rings (SSSR count). The number of rotatable bonds is 6. The van der Waals surface area contributed by atoms with Gasteiger partial charge in [-0.25, -0.2) is 9.67 Å². The molecule has 1 aliphatic rings. The predicted octanol–water partition coefficient (Wildman–Crippen LogP) is 4.36. The van der Waals surface area contributed by atoms with Crippen molar-refractivity contribution in [1.29, 1.82) is 0 Å². The largest absolute Gasteiger partial charge is 0.336 e. The molecule has 2 aromatic carbocycles. The first kappa shape index (κ1) is 22.4. The average Bonchev–Trinajstić information content (AvgIpc) is 3.43. The predicted molar refractivity (Wildman–Crippen MR) is 134 cm³/mol. The molecule has 34 heavy (non-hydrogen) atoms. The highest BCUT2D eigenvalue weighted by atomic mass is 32.2. The molecule has 0 saturated heterocycles. The number of fused-ring (bicyclic) bond motifs is 2. The van der Waals surface area contributed by atoms with Gasteiger partial charge >= 0.3 is 0 Å². The van der Waals surface area contributed by atoms with E-state index in [1.807, 2.05) is 80.3 Å². The van der Waals surface area contributed by atoms with Crippen molar-refractivity contribution in [2.45, 2.75) is 51.0 Å². The zero-order chi connectivity index (χ0) is 23.8. The van der Waals surface area contributed by atoms with Crippen molar-refractivity contribution < 1.29 is 4.79 Å². The fourth-order valence-corrected chi connectivity index (χ4v) is 5.44. The van der Waals surface area contributed by atoms with Gasteiger partial charge in [0, 0.05) is 24.8 Å². The van der Waals surface area contributed by atoms with Gasteiger partial charge in [-0.1, -0.05) is 59.8 Å². The lowest BCUT2D eigenvalue weighted by atomic mass is 10.1. The first-order valence-corrected chi connectivity index (χ1v) is 12.4. The van der Waals surface area contributed by atoms with Gasteiger partial charge in [0.15, 0.2) is 10.8 Å². The highest BCUT2D eigenvalue weighted by Gasteiger charge is 2.31. The molecule has 7 nitrogen and oxygen atoms in total. The van der Waals surface area contributed by atoms with Crippen LogP contribution in [0.2, 0.25) is 0 Å². The summed E-state index contributed by atoms with van der Waals surface area (Å²) in [4.78, 5) is 33.4. The lowest BCUT2D eigenvalue weighted by Gasteiger charge is -2.28. The van der Waals surface area contributed by atoms with Crippen LogP contribution in [-0.2, 0) is 11.3 Å². The highest BCUT2D eigenvalue weighted by Crippen LogP contribution is 2.34. The van der Waals surface area contributed by atoms with Crippen molar-refractivity contribution in [3.63, 3.8) is 0 Å².